The van der Waals surface area contributed by atoms with Gasteiger partial charge in [-0.3, -0.25) is 4.79 Å². The van der Waals surface area contributed by atoms with Crippen LogP contribution in [0.25, 0.3) is 0 Å². The smallest absolute Gasteiger partial charge is 0.271 e. The second-order valence-electron chi connectivity index (χ2n) is 6.57. The Bertz CT molecular complexity index is 1050. The summed E-state index contributed by atoms with van der Waals surface area (Å²) in [6, 6.07) is 19.8. The van der Waals surface area contributed by atoms with Gasteiger partial charge in [0.1, 0.15) is 5.82 Å². The predicted molar refractivity (Wildman–Crippen MR) is 112 cm³/mol. The number of rotatable bonds is 4. The largest absolute Gasteiger partial charge is 0.363 e. The molecule has 0 fully saturated rings. The average molecular weight is 438 g/mol. The maximum absolute atomic E-state index is 13.1. The summed E-state index contributed by atoms with van der Waals surface area (Å²) in [6.07, 6.45) is 1.60. The lowest BCUT2D eigenvalue weighted by molar-refractivity contribution is 0.0955. The summed E-state index contributed by atoms with van der Waals surface area (Å²) >= 11 is 3.40. The number of anilines is 1. The van der Waals surface area contributed by atoms with E-state index < -0.39 is 0 Å². The lowest BCUT2D eigenvalue weighted by Crippen LogP contribution is -2.17. The highest BCUT2D eigenvalue weighted by Gasteiger charge is 2.20. The molecule has 1 aliphatic heterocycles. The maximum atomic E-state index is 13.1. The van der Waals surface area contributed by atoms with Crippen molar-refractivity contribution in [3.63, 3.8) is 0 Å². The van der Waals surface area contributed by atoms with Crippen LogP contribution < -0.4 is 10.3 Å². The molecule has 6 heteroatoms. The highest BCUT2D eigenvalue weighted by atomic mass is 79.9. The van der Waals surface area contributed by atoms with Crippen LogP contribution in [0.1, 0.15) is 27.0 Å². The van der Waals surface area contributed by atoms with Crippen LogP contribution in [0, 0.1) is 5.82 Å². The molecule has 3 aromatic carbocycles. The van der Waals surface area contributed by atoms with E-state index >= 15 is 0 Å². The molecule has 1 heterocycles. The molecule has 0 atom stereocenters. The molecule has 1 N–H and O–H groups in total. The van der Waals surface area contributed by atoms with Crippen LogP contribution in [0.4, 0.5) is 10.1 Å². The monoisotopic (exact) mass is 437 g/mol. The number of hydrogen-bond acceptors (Lipinski definition) is 3. The number of hydrazone groups is 1. The molecular weight excluding hydrogens is 421 g/mol. The molecule has 0 saturated carbocycles. The Morgan fingerprint density at radius 2 is 1.82 bits per heavy atom. The van der Waals surface area contributed by atoms with Crippen molar-refractivity contribution < 1.29 is 9.18 Å². The van der Waals surface area contributed by atoms with Gasteiger partial charge in [0.15, 0.2) is 0 Å². The summed E-state index contributed by atoms with van der Waals surface area (Å²) in [5, 5.41) is 4.03. The fourth-order valence-corrected chi connectivity index (χ4v) is 3.60. The number of amides is 1. The molecule has 0 bridgehead atoms. The molecule has 0 saturated heterocycles. The van der Waals surface area contributed by atoms with Crippen LogP contribution in [-0.2, 0) is 13.1 Å². The Morgan fingerprint density at radius 3 is 2.61 bits per heavy atom. The molecule has 0 radical (unpaired) electrons. The molecule has 28 heavy (non-hydrogen) atoms. The van der Waals surface area contributed by atoms with Crippen LogP contribution in [0.3, 0.4) is 0 Å². The molecule has 4 rings (SSSR count). The standard InChI is InChI=1S/C22H17BrFN3O/c23-19-3-1-2-15(10-19)12-25-26-22(28)16-4-5-17-13-27(14-18(17)11-16)21-8-6-20(24)7-9-21/h1-12H,13-14H2,(H,26,28)/b25-12+. The molecule has 0 aromatic heterocycles. The van der Waals surface area contributed by atoms with Gasteiger partial charge in [0.2, 0.25) is 0 Å². The number of nitrogens with zero attached hydrogens (tertiary/aromatic N) is 2. The molecule has 0 unspecified atom stereocenters. The molecule has 1 amide bonds. The van der Waals surface area contributed by atoms with Gasteiger partial charge in [0.05, 0.1) is 6.21 Å². The van der Waals surface area contributed by atoms with Gasteiger partial charge in [0.25, 0.3) is 5.91 Å². The summed E-state index contributed by atoms with van der Waals surface area (Å²) in [5.74, 6) is -0.503. The minimum absolute atomic E-state index is 0.247. The van der Waals surface area contributed by atoms with E-state index in [1.807, 2.05) is 36.4 Å². The Hall–Kier alpha value is -2.99. The second-order valence-corrected chi connectivity index (χ2v) is 7.49. The molecule has 3 aromatic rings. The van der Waals surface area contributed by atoms with E-state index in [1.54, 1.807) is 24.4 Å². The first-order valence-electron chi connectivity index (χ1n) is 8.80. The number of hydrogen-bond donors (Lipinski definition) is 1. The van der Waals surface area contributed by atoms with Crippen LogP contribution in [0.15, 0.2) is 76.3 Å². The Labute approximate surface area is 170 Å². The van der Waals surface area contributed by atoms with Crippen molar-refractivity contribution in [2.24, 2.45) is 5.10 Å². The van der Waals surface area contributed by atoms with E-state index in [0.29, 0.717) is 12.1 Å². The van der Waals surface area contributed by atoms with Crippen molar-refractivity contribution in [3.05, 3.63) is 99.3 Å². The van der Waals surface area contributed by atoms with Gasteiger partial charge in [-0.25, -0.2) is 9.82 Å². The van der Waals surface area contributed by atoms with Gasteiger partial charge in [-0.1, -0.05) is 34.1 Å². The quantitative estimate of drug-likeness (QED) is 0.467. The zero-order valence-corrected chi connectivity index (χ0v) is 16.5. The third-order valence-corrected chi connectivity index (χ3v) is 5.10. The molecule has 140 valence electrons. The predicted octanol–water partition coefficient (Wildman–Crippen LogP) is 4.87. The van der Waals surface area contributed by atoms with Crippen molar-refractivity contribution in [3.8, 4) is 0 Å². The van der Waals surface area contributed by atoms with Gasteiger partial charge in [0, 0.05) is 28.8 Å². The number of halogens is 2. The van der Waals surface area contributed by atoms with Crippen LogP contribution in [0.5, 0.6) is 0 Å². The number of benzene rings is 3. The van der Waals surface area contributed by atoms with Gasteiger partial charge in [-0.05, 0) is 65.2 Å². The van der Waals surface area contributed by atoms with E-state index in [0.717, 1.165) is 27.8 Å². The SMILES string of the molecule is O=C(N/N=C/c1cccc(Br)c1)c1ccc2c(c1)CN(c1ccc(F)cc1)C2. The first kappa shape index (κ1) is 18.4. The van der Waals surface area contributed by atoms with Crippen molar-refractivity contribution in [2.75, 3.05) is 4.90 Å². The van der Waals surface area contributed by atoms with Crippen molar-refractivity contribution in [1.29, 1.82) is 0 Å². The van der Waals surface area contributed by atoms with E-state index in [9.17, 15) is 9.18 Å². The minimum Gasteiger partial charge on any atom is -0.363 e. The Morgan fingerprint density at radius 1 is 1.04 bits per heavy atom. The summed E-state index contributed by atoms with van der Waals surface area (Å²) in [6.45, 7) is 1.42. The van der Waals surface area contributed by atoms with Gasteiger partial charge >= 0.3 is 0 Å². The van der Waals surface area contributed by atoms with Gasteiger partial charge < -0.3 is 4.90 Å². The number of fused-ring (bicyclic) bond motifs is 1. The number of carbonyl (C=O) groups excluding carboxylic acids is 1. The van der Waals surface area contributed by atoms with E-state index in [-0.39, 0.29) is 11.7 Å². The van der Waals surface area contributed by atoms with E-state index in [4.69, 9.17) is 0 Å². The third-order valence-electron chi connectivity index (χ3n) is 4.61. The Balaban J connectivity index is 1.43. The van der Waals surface area contributed by atoms with Crippen LogP contribution in [-0.4, -0.2) is 12.1 Å². The third kappa shape index (κ3) is 4.12. The Kier molecular flexibility index (Phi) is 5.21. The average Bonchev–Trinajstić information content (AvgIpc) is 3.12. The fourth-order valence-electron chi connectivity index (χ4n) is 3.19. The van der Waals surface area contributed by atoms with E-state index in [2.05, 4.69) is 31.4 Å². The summed E-state index contributed by atoms with van der Waals surface area (Å²) in [7, 11) is 0. The molecular formula is C22H17BrFN3O. The lowest BCUT2D eigenvalue weighted by atomic mass is 10.1. The summed E-state index contributed by atoms with van der Waals surface area (Å²) in [5.41, 5.74) is 7.23. The highest BCUT2D eigenvalue weighted by Crippen LogP contribution is 2.29. The molecule has 0 spiro atoms. The topological polar surface area (TPSA) is 44.7 Å². The zero-order chi connectivity index (χ0) is 19.5. The fraction of sp³-hybridized carbons (Fsp3) is 0.0909. The van der Waals surface area contributed by atoms with Gasteiger partial charge in [-0.2, -0.15) is 5.10 Å². The maximum Gasteiger partial charge on any atom is 0.271 e. The first-order chi connectivity index (χ1) is 13.6. The normalized spacial score (nSPS) is 13.0. The molecule has 0 aliphatic carbocycles. The van der Waals surface area contributed by atoms with Crippen molar-refractivity contribution in [2.45, 2.75) is 13.1 Å². The van der Waals surface area contributed by atoms with Gasteiger partial charge in [-0.15, -0.1) is 0 Å². The molecule has 1 aliphatic rings. The summed E-state index contributed by atoms with van der Waals surface area (Å²) < 4.78 is 14.1. The van der Waals surface area contributed by atoms with Crippen molar-refractivity contribution >= 4 is 33.7 Å². The number of carbonyl (C=O) groups is 1. The second kappa shape index (κ2) is 7.94. The zero-order valence-electron chi connectivity index (χ0n) is 14.9. The van der Waals surface area contributed by atoms with E-state index in [1.165, 1.54) is 17.7 Å². The number of nitrogens with one attached hydrogen (secondary N) is 1. The summed E-state index contributed by atoms with van der Waals surface area (Å²) in [4.78, 5) is 14.6. The highest BCUT2D eigenvalue weighted by molar-refractivity contribution is 9.10. The van der Waals surface area contributed by atoms with Crippen LogP contribution >= 0.6 is 15.9 Å². The lowest BCUT2D eigenvalue weighted by Gasteiger charge is -2.17. The first-order valence-corrected chi connectivity index (χ1v) is 9.59. The minimum atomic E-state index is -0.255. The van der Waals surface area contributed by atoms with Crippen LogP contribution in [0.2, 0.25) is 0 Å². The molecule has 4 nitrogen and oxygen atoms in total. The van der Waals surface area contributed by atoms with Crippen molar-refractivity contribution in [1.82, 2.24) is 5.43 Å².